The van der Waals surface area contributed by atoms with Gasteiger partial charge in [-0.2, -0.15) is 0 Å². The first-order valence-corrected chi connectivity index (χ1v) is 12.0. The van der Waals surface area contributed by atoms with Gasteiger partial charge in [-0.3, -0.25) is 4.98 Å². The molecular formula is C26H37NO3. The summed E-state index contributed by atoms with van der Waals surface area (Å²) in [5.41, 5.74) is 2.84. The number of nitrogens with zero attached hydrogens (tertiary/aromatic N) is 1. The molecule has 0 saturated heterocycles. The van der Waals surface area contributed by atoms with Crippen molar-refractivity contribution in [3.05, 3.63) is 35.8 Å². The number of fused-ring (bicyclic) bond motifs is 5. The largest absolute Gasteiger partial charge is 0.501 e. The van der Waals surface area contributed by atoms with Crippen molar-refractivity contribution < 1.29 is 14.9 Å². The monoisotopic (exact) mass is 411 g/mol. The van der Waals surface area contributed by atoms with E-state index in [1.165, 1.54) is 11.1 Å². The third kappa shape index (κ3) is 2.75. The van der Waals surface area contributed by atoms with Gasteiger partial charge in [0.15, 0.2) is 0 Å². The molecule has 30 heavy (non-hydrogen) atoms. The summed E-state index contributed by atoms with van der Waals surface area (Å²) >= 11 is 0. The highest BCUT2D eigenvalue weighted by molar-refractivity contribution is 5.74. The van der Waals surface area contributed by atoms with Crippen LogP contribution in [0.5, 0.6) is 0 Å². The standard InChI is InChI=1S/C26H37NO3/c1-4-26-10-8-19-23(21(29)13-17-12-18(28)7-9-25(17,19)2)20(26)14-22(30-3)24(26)16-6-5-11-27-15-16/h5-6,11,15,17-21,23,28-29H,4,7-10,12-14H2,1-3H3. The van der Waals surface area contributed by atoms with Crippen LogP contribution in [-0.2, 0) is 4.74 Å². The Kier molecular flexibility index (Phi) is 5.02. The van der Waals surface area contributed by atoms with Gasteiger partial charge in [-0.15, -0.1) is 0 Å². The van der Waals surface area contributed by atoms with Crippen molar-refractivity contribution in [3.63, 3.8) is 0 Å². The average molecular weight is 412 g/mol. The fourth-order valence-electron chi connectivity index (χ4n) is 8.43. The van der Waals surface area contributed by atoms with E-state index in [0.29, 0.717) is 23.7 Å². The van der Waals surface area contributed by atoms with Crippen LogP contribution in [-0.4, -0.2) is 34.5 Å². The van der Waals surface area contributed by atoms with E-state index in [1.807, 2.05) is 18.5 Å². The summed E-state index contributed by atoms with van der Waals surface area (Å²) in [4.78, 5) is 4.41. The molecule has 4 heteroatoms. The number of pyridine rings is 1. The van der Waals surface area contributed by atoms with Gasteiger partial charge < -0.3 is 14.9 Å². The van der Waals surface area contributed by atoms with E-state index < -0.39 is 0 Å². The Balaban J connectivity index is 1.56. The molecule has 0 amide bonds. The first kappa shape index (κ1) is 20.5. The number of rotatable bonds is 3. The summed E-state index contributed by atoms with van der Waals surface area (Å²) in [6, 6.07) is 4.19. The van der Waals surface area contributed by atoms with E-state index in [1.54, 1.807) is 7.11 Å². The SMILES string of the molecule is CCC12CCC3C(C(O)CC4CC(O)CCC43C)C1CC(OC)=C2c1cccnc1. The van der Waals surface area contributed by atoms with Crippen LogP contribution < -0.4 is 0 Å². The predicted octanol–water partition coefficient (Wildman–Crippen LogP) is 4.81. The molecule has 1 aromatic heterocycles. The van der Waals surface area contributed by atoms with Gasteiger partial charge in [0.25, 0.3) is 0 Å². The first-order chi connectivity index (χ1) is 14.4. The quantitative estimate of drug-likeness (QED) is 0.749. The number of aliphatic hydroxyl groups is 2. The topological polar surface area (TPSA) is 62.6 Å². The molecule has 1 heterocycles. The number of aromatic nitrogens is 1. The molecule has 164 valence electrons. The molecule has 0 aromatic carbocycles. The lowest BCUT2D eigenvalue weighted by Crippen LogP contribution is -2.58. The third-order valence-electron chi connectivity index (χ3n) is 9.87. The van der Waals surface area contributed by atoms with E-state index in [0.717, 1.165) is 57.1 Å². The van der Waals surface area contributed by atoms with Gasteiger partial charge in [0.05, 0.1) is 19.3 Å². The molecule has 4 aliphatic carbocycles. The van der Waals surface area contributed by atoms with Gasteiger partial charge >= 0.3 is 0 Å². The molecule has 8 unspecified atom stereocenters. The third-order valence-corrected chi connectivity index (χ3v) is 9.87. The number of allylic oxidation sites excluding steroid dienone is 2. The van der Waals surface area contributed by atoms with Crippen molar-refractivity contribution in [1.29, 1.82) is 0 Å². The fraction of sp³-hybridized carbons (Fsp3) is 0.731. The van der Waals surface area contributed by atoms with Crippen molar-refractivity contribution in [1.82, 2.24) is 4.98 Å². The number of hydrogen-bond acceptors (Lipinski definition) is 4. The van der Waals surface area contributed by atoms with E-state index >= 15 is 0 Å². The minimum atomic E-state index is -0.277. The summed E-state index contributed by atoms with van der Waals surface area (Å²) in [6.45, 7) is 4.78. The van der Waals surface area contributed by atoms with Crippen molar-refractivity contribution in [2.75, 3.05) is 7.11 Å². The van der Waals surface area contributed by atoms with Gasteiger partial charge in [0, 0.05) is 29.8 Å². The molecule has 0 bridgehead atoms. The zero-order valence-electron chi connectivity index (χ0n) is 18.7. The molecular weight excluding hydrogens is 374 g/mol. The molecule has 4 nitrogen and oxygen atoms in total. The Morgan fingerprint density at radius 1 is 1.17 bits per heavy atom. The van der Waals surface area contributed by atoms with E-state index in [2.05, 4.69) is 24.9 Å². The Hall–Kier alpha value is -1.39. The maximum atomic E-state index is 11.5. The number of methoxy groups -OCH3 is 1. The maximum Gasteiger partial charge on any atom is 0.100 e. The molecule has 1 aromatic rings. The normalized spacial score (nSPS) is 45.5. The van der Waals surface area contributed by atoms with Crippen LogP contribution in [0.15, 0.2) is 30.3 Å². The Bertz CT molecular complexity index is 823. The minimum Gasteiger partial charge on any atom is -0.501 e. The summed E-state index contributed by atoms with van der Waals surface area (Å²) in [5.74, 6) is 2.82. The van der Waals surface area contributed by atoms with Crippen molar-refractivity contribution in [2.24, 2.45) is 34.5 Å². The fourth-order valence-corrected chi connectivity index (χ4v) is 8.43. The number of aliphatic hydroxyl groups excluding tert-OH is 2. The zero-order valence-corrected chi connectivity index (χ0v) is 18.7. The van der Waals surface area contributed by atoms with E-state index in [-0.39, 0.29) is 23.0 Å². The molecule has 3 saturated carbocycles. The smallest absolute Gasteiger partial charge is 0.100 e. The summed E-state index contributed by atoms with van der Waals surface area (Å²) < 4.78 is 5.99. The summed E-state index contributed by atoms with van der Waals surface area (Å²) in [5, 5.41) is 21.8. The Morgan fingerprint density at radius 2 is 2.00 bits per heavy atom. The molecule has 3 fully saturated rings. The van der Waals surface area contributed by atoms with Crippen LogP contribution in [0.1, 0.15) is 70.8 Å². The van der Waals surface area contributed by atoms with Gasteiger partial charge in [0.2, 0.25) is 0 Å². The van der Waals surface area contributed by atoms with Crippen LogP contribution in [0.4, 0.5) is 0 Å². The summed E-state index contributed by atoms with van der Waals surface area (Å²) in [6.07, 6.45) is 11.4. The average Bonchev–Trinajstić information content (AvgIpc) is 3.10. The van der Waals surface area contributed by atoms with Gasteiger partial charge in [0.1, 0.15) is 5.76 Å². The van der Waals surface area contributed by atoms with Crippen molar-refractivity contribution >= 4 is 5.57 Å². The van der Waals surface area contributed by atoms with E-state index in [9.17, 15) is 10.2 Å². The molecule has 0 radical (unpaired) electrons. The number of hydrogen-bond donors (Lipinski definition) is 2. The maximum absolute atomic E-state index is 11.5. The molecule has 4 aliphatic rings. The predicted molar refractivity (Wildman–Crippen MR) is 117 cm³/mol. The lowest BCUT2D eigenvalue weighted by Gasteiger charge is -2.62. The Morgan fingerprint density at radius 3 is 2.70 bits per heavy atom. The number of ether oxygens (including phenoxy) is 1. The van der Waals surface area contributed by atoms with Crippen LogP contribution >= 0.6 is 0 Å². The minimum absolute atomic E-state index is 0.0634. The lowest BCUT2D eigenvalue weighted by molar-refractivity contribution is -0.166. The molecule has 0 aliphatic heterocycles. The summed E-state index contributed by atoms with van der Waals surface area (Å²) in [7, 11) is 1.81. The van der Waals surface area contributed by atoms with Gasteiger partial charge in [-0.1, -0.05) is 19.9 Å². The zero-order chi connectivity index (χ0) is 21.1. The highest BCUT2D eigenvalue weighted by Gasteiger charge is 2.63. The first-order valence-electron chi connectivity index (χ1n) is 12.0. The van der Waals surface area contributed by atoms with E-state index in [4.69, 9.17) is 4.74 Å². The van der Waals surface area contributed by atoms with Crippen molar-refractivity contribution in [3.8, 4) is 0 Å². The second kappa shape index (κ2) is 7.34. The highest BCUT2D eigenvalue weighted by Crippen LogP contribution is 2.69. The second-order valence-corrected chi connectivity index (χ2v) is 10.7. The van der Waals surface area contributed by atoms with Crippen LogP contribution in [0.25, 0.3) is 5.57 Å². The van der Waals surface area contributed by atoms with Crippen LogP contribution in [0, 0.1) is 34.5 Å². The second-order valence-electron chi connectivity index (χ2n) is 10.7. The van der Waals surface area contributed by atoms with Gasteiger partial charge in [-0.25, -0.2) is 0 Å². The Labute approximate surface area is 180 Å². The van der Waals surface area contributed by atoms with Crippen LogP contribution in [0.3, 0.4) is 0 Å². The lowest BCUT2D eigenvalue weighted by atomic mass is 9.43. The molecule has 0 spiro atoms. The molecule has 5 rings (SSSR count). The van der Waals surface area contributed by atoms with Gasteiger partial charge in [-0.05, 0) is 85.7 Å². The van der Waals surface area contributed by atoms with Crippen LogP contribution in [0.2, 0.25) is 0 Å². The molecule has 8 atom stereocenters. The van der Waals surface area contributed by atoms with Crippen molar-refractivity contribution in [2.45, 2.75) is 77.4 Å². The molecule has 2 N–H and O–H groups in total. The highest BCUT2D eigenvalue weighted by atomic mass is 16.5.